The van der Waals surface area contributed by atoms with Gasteiger partial charge in [-0.05, 0) is 24.5 Å². The molecule has 0 unspecified atom stereocenters. The number of hydrogen-bond acceptors (Lipinski definition) is 4. The van der Waals surface area contributed by atoms with Gasteiger partial charge in [0, 0.05) is 17.9 Å². The Balaban J connectivity index is 2.84. The van der Waals surface area contributed by atoms with E-state index in [9.17, 15) is 9.59 Å². The number of nitrogens with one attached hydrogen (secondary N) is 2. The van der Waals surface area contributed by atoms with E-state index >= 15 is 0 Å². The number of methoxy groups -OCH3 is 1. The molecule has 7 heteroatoms. The normalized spacial score (nSPS) is 9.79. The van der Waals surface area contributed by atoms with Crippen LogP contribution in [0.4, 0.5) is 10.5 Å². The van der Waals surface area contributed by atoms with Crippen molar-refractivity contribution in [3.05, 3.63) is 23.8 Å². The molecule has 0 aliphatic heterocycles. The number of primary amides is 1. The topological polar surface area (TPSA) is 93.4 Å². The summed E-state index contributed by atoms with van der Waals surface area (Å²) < 4.78 is 5.07. The quantitative estimate of drug-likeness (QED) is 0.686. The lowest BCUT2D eigenvalue weighted by molar-refractivity contribution is 0.0956. The molecule has 0 radical (unpaired) electrons. The highest BCUT2D eigenvalue weighted by molar-refractivity contribution is 7.98. The fourth-order valence-corrected chi connectivity index (χ4v) is 1.75. The molecule has 0 spiro atoms. The van der Waals surface area contributed by atoms with Gasteiger partial charge in [0.2, 0.25) is 0 Å². The van der Waals surface area contributed by atoms with Gasteiger partial charge in [-0.3, -0.25) is 4.79 Å². The lowest BCUT2D eigenvalue weighted by atomic mass is 10.1. The number of anilines is 1. The van der Waals surface area contributed by atoms with Crippen molar-refractivity contribution in [3.8, 4) is 5.75 Å². The van der Waals surface area contributed by atoms with Crippen molar-refractivity contribution in [2.24, 2.45) is 5.73 Å². The average molecular weight is 283 g/mol. The molecular weight excluding hydrogens is 266 g/mol. The maximum absolute atomic E-state index is 11.9. The monoisotopic (exact) mass is 283 g/mol. The number of urea groups is 1. The zero-order valence-corrected chi connectivity index (χ0v) is 11.7. The lowest BCUT2D eigenvalue weighted by Crippen LogP contribution is -2.26. The van der Waals surface area contributed by atoms with E-state index in [2.05, 4.69) is 10.6 Å². The number of hydrogen-bond donors (Lipinski definition) is 3. The maximum atomic E-state index is 11.9. The van der Waals surface area contributed by atoms with Gasteiger partial charge in [0.05, 0.1) is 12.8 Å². The molecule has 104 valence electrons. The zero-order valence-electron chi connectivity index (χ0n) is 10.9. The molecule has 1 aromatic rings. The lowest BCUT2D eigenvalue weighted by Gasteiger charge is -2.11. The third kappa shape index (κ3) is 4.70. The second-order valence-electron chi connectivity index (χ2n) is 3.65. The first-order valence-electron chi connectivity index (χ1n) is 5.60. The third-order valence-electron chi connectivity index (χ3n) is 2.31. The van der Waals surface area contributed by atoms with Crippen LogP contribution in [0, 0.1) is 0 Å². The number of carbonyl (C=O) groups is 2. The minimum Gasteiger partial charge on any atom is -0.495 e. The highest BCUT2D eigenvalue weighted by atomic mass is 32.2. The van der Waals surface area contributed by atoms with Crippen LogP contribution in [0.3, 0.4) is 0 Å². The Morgan fingerprint density at radius 1 is 1.42 bits per heavy atom. The number of amides is 3. The van der Waals surface area contributed by atoms with E-state index < -0.39 is 6.03 Å². The van der Waals surface area contributed by atoms with Crippen molar-refractivity contribution < 1.29 is 14.3 Å². The Hall–Kier alpha value is -1.89. The standard InChI is InChI=1S/C12H17N3O3S/c1-18-10-4-3-8(7-9(10)15-12(13)17)11(16)14-5-6-19-2/h3-4,7H,5-6H2,1-2H3,(H,14,16)(H3,13,15,17). The van der Waals surface area contributed by atoms with E-state index in [1.165, 1.54) is 13.2 Å². The minimum absolute atomic E-state index is 0.204. The fraction of sp³-hybridized carbons (Fsp3) is 0.333. The van der Waals surface area contributed by atoms with E-state index in [4.69, 9.17) is 10.5 Å². The first-order valence-corrected chi connectivity index (χ1v) is 6.99. The van der Waals surface area contributed by atoms with Crippen LogP contribution in [0.1, 0.15) is 10.4 Å². The molecule has 19 heavy (non-hydrogen) atoms. The largest absolute Gasteiger partial charge is 0.495 e. The Bertz CT molecular complexity index is 466. The number of benzene rings is 1. The van der Waals surface area contributed by atoms with Crippen LogP contribution < -0.4 is 21.1 Å². The van der Waals surface area contributed by atoms with Crippen LogP contribution in [-0.4, -0.2) is 37.6 Å². The Morgan fingerprint density at radius 3 is 2.74 bits per heavy atom. The van der Waals surface area contributed by atoms with Crippen molar-refractivity contribution in [1.29, 1.82) is 0 Å². The molecule has 0 fully saturated rings. The van der Waals surface area contributed by atoms with E-state index in [0.717, 1.165) is 5.75 Å². The molecule has 1 rings (SSSR count). The smallest absolute Gasteiger partial charge is 0.316 e. The highest BCUT2D eigenvalue weighted by Gasteiger charge is 2.10. The summed E-state index contributed by atoms with van der Waals surface area (Å²) in [5.41, 5.74) is 5.87. The number of carbonyl (C=O) groups excluding carboxylic acids is 2. The summed E-state index contributed by atoms with van der Waals surface area (Å²) >= 11 is 1.65. The minimum atomic E-state index is -0.710. The first kappa shape index (κ1) is 15.2. The van der Waals surface area contributed by atoms with Crippen molar-refractivity contribution in [2.45, 2.75) is 0 Å². The number of ether oxygens (including phenoxy) is 1. The van der Waals surface area contributed by atoms with Crippen molar-refractivity contribution in [3.63, 3.8) is 0 Å². The van der Waals surface area contributed by atoms with E-state index in [-0.39, 0.29) is 5.91 Å². The van der Waals surface area contributed by atoms with Gasteiger partial charge in [-0.1, -0.05) is 0 Å². The van der Waals surface area contributed by atoms with E-state index in [1.807, 2.05) is 6.26 Å². The highest BCUT2D eigenvalue weighted by Crippen LogP contribution is 2.25. The third-order valence-corrected chi connectivity index (χ3v) is 2.92. The van der Waals surface area contributed by atoms with Crippen LogP contribution in [-0.2, 0) is 0 Å². The zero-order chi connectivity index (χ0) is 14.3. The molecule has 0 aliphatic carbocycles. The molecule has 0 heterocycles. The van der Waals surface area contributed by atoms with Crippen LogP contribution in [0.25, 0.3) is 0 Å². The molecular formula is C12H17N3O3S. The predicted octanol–water partition coefficient (Wildman–Crippen LogP) is 1.28. The Kier molecular flexibility index (Phi) is 6.01. The Morgan fingerprint density at radius 2 is 2.16 bits per heavy atom. The summed E-state index contributed by atoms with van der Waals surface area (Å²) in [6.45, 7) is 0.588. The summed E-state index contributed by atoms with van der Waals surface area (Å²) in [5.74, 6) is 1.08. The van der Waals surface area contributed by atoms with Crippen LogP contribution in [0.15, 0.2) is 18.2 Å². The van der Waals surface area contributed by atoms with Crippen molar-refractivity contribution in [2.75, 3.05) is 31.0 Å². The molecule has 6 nitrogen and oxygen atoms in total. The first-order chi connectivity index (χ1) is 9.08. The molecule has 0 bridgehead atoms. The van der Waals surface area contributed by atoms with E-state index in [0.29, 0.717) is 23.5 Å². The summed E-state index contributed by atoms with van der Waals surface area (Å²) in [5, 5.41) is 5.19. The van der Waals surface area contributed by atoms with Gasteiger partial charge in [-0.15, -0.1) is 0 Å². The molecule has 0 atom stereocenters. The SMILES string of the molecule is COc1ccc(C(=O)NCCSC)cc1NC(N)=O. The summed E-state index contributed by atoms with van der Waals surface area (Å²) in [6, 6.07) is 4.05. The summed E-state index contributed by atoms with van der Waals surface area (Å²) in [7, 11) is 1.47. The summed E-state index contributed by atoms with van der Waals surface area (Å²) in [4.78, 5) is 22.7. The average Bonchev–Trinajstić information content (AvgIpc) is 2.38. The second-order valence-corrected chi connectivity index (χ2v) is 4.64. The molecule has 1 aromatic carbocycles. The number of thioether (sulfide) groups is 1. The molecule has 0 saturated heterocycles. The van der Waals surface area contributed by atoms with Gasteiger partial charge in [-0.2, -0.15) is 11.8 Å². The molecule has 0 saturated carbocycles. The summed E-state index contributed by atoms with van der Waals surface area (Å²) in [6.07, 6.45) is 1.97. The van der Waals surface area contributed by atoms with Crippen LogP contribution in [0.2, 0.25) is 0 Å². The molecule has 3 amide bonds. The van der Waals surface area contributed by atoms with Gasteiger partial charge in [0.25, 0.3) is 5.91 Å². The maximum Gasteiger partial charge on any atom is 0.316 e. The van der Waals surface area contributed by atoms with Gasteiger partial charge >= 0.3 is 6.03 Å². The van der Waals surface area contributed by atoms with Crippen molar-refractivity contribution in [1.82, 2.24) is 5.32 Å². The van der Waals surface area contributed by atoms with Gasteiger partial charge < -0.3 is 21.1 Å². The van der Waals surface area contributed by atoms with Gasteiger partial charge in [-0.25, -0.2) is 4.79 Å². The number of rotatable bonds is 6. The fourth-order valence-electron chi connectivity index (χ4n) is 1.45. The Labute approximate surface area is 116 Å². The molecule has 0 aromatic heterocycles. The van der Waals surface area contributed by atoms with Crippen molar-refractivity contribution >= 4 is 29.4 Å². The van der Waals surface area contributed by atoms with Gasteiger partial charge in [0.1, 0.15) is 5.75 Å². The molecule has 4 N–H and O–H groups in total. The molecule has 0 aliphatic rings. The van der Waals surface area contributed by atoms with E-state index in [1.54, 1.807) is 23.9 Å². The van der Waals surface area contributed by atoms with Crippen LogP contribution in [0.5, 0.6) is 5.75 Å². The predicted molar refractivity (Wildman–Crippen MR) is 76.9 cm³/mol. The number of nitrogens with two attached hydrogens (primary N) is 1. The van der Waals surface area contributed by atoms with Crippen LogP contribution >= 0.6 is 11.8 Å². The second kappa shape index (κ2) is 7.52. The van der Waals surface area contributed by atoms with Gasteiger partial charge in [0.15, 0.2) is 0 Å².